The zero-order chi connectivity index (χ0) is 19.1. The van der Waals surface area contributed by atoms with Crippen LogP contribution in [0.4, 0.5) is 5.69 Å². The van der Waals surface area contributed by atoms with Gasteiger partial charge in [0.05, 0.1) is 5.92 Å². The van der Waals surface area contributed by atoms with E-state index in [1.807, 2.05) is 17.0 Å². The van der Waals surface area contributed by atoms with Gasteiger partial charge in [-0.25, -0.2) is 0 Å². The quantitative estimate of drug-likeness (QED) is 0.867. The van der Waals surface area contributed by atoms with Gasteiger partial charge in [0.25, 0.3) is 0 Å². The second-order valence-corrected chi connectivity index (χ2v) is 9.37. The fourth-order valence-corrected chi connectivity index (χ4v) is 5.38. The third-order valence-corrected chi connectivity index (χ3v) is 7.33. The van der Waals surface area contributed by atoms with Crippen molar-refractivity contribution < 1.29 is 9.59 Å². The zero-order valence-electron chi connectivity index (χ0n) is 16.5. The van der Waals surface area contributed by atoms with Gasteiger partial charge in [0, 0.05) is 56.2 Å². The number of anilines is 1. The number of carbonyl (C=O) groups is 2. The molecule has 3 heterocycles. The van der Waals surface area contributed by atoms with Crippen molar-refractivity contribution >= 4 is 17.5 Å². The van der Waals surface area contributed by atoms with Crippen LogP contribution in [0.5, 0.6) is 0 Å². The standard InChI is InChI=1S/C22H30N4O2/c27-20(17-12-22(13-17)6-7-22)24-18-2-1-10-26(15-18)21(28)16-5-11-25(14-16)19-3-8-23-9-4-19/h3-4,8-9,16-18H,1-2,5-7,10-15H2,(H,24,27). The van der Waals surface area contributed by atoms with Crippen LogP contribution < -0.4 is 10.2 Å². The molecule has 2 aliphatic carbocycles. The fourth-order valence-electron chi connectivity index (χ4n) is 5.38. The van der Waals surface area contributed by atoms with E-state index in [1.165, 1.54) is 12.8 Å². The molecule has 150 valence electrons. The monoisotopic (exact) mass is 382 g/mol. The summed E-state index contributed by atoms with van der Waals surface area (Å²) in [5.74, 6) is 0.763. The number of hydrogen-bond acceptors (Lipinski definition) is 4. The lowest BCUT2D eigenvalue weighted by Gasteiger charge is -2.38. The molecule has 4 fully saturated rings. The molecule has 1 spiro atoms. The second-order valence-electron chi connectivity index (χ2n) is 9.37. The highest BCUT2D eigenvalue weighted by Crippen LogP contribution is 2.63. The van der Waals surface area contributed by atoms with Gasteiger partial charge in [0.15, 0.2) is 0 Å². The Labute approximate surface area is 166 Å². The zero-order valence-corrected chi connectivity index (χ0v) is 16.5. The summed E-state index contributed by atoms with van der Waals surface area (Å²) < 4.78 is 0. The lowest BCUT2D eigenvalue weighted by Crippen LogP contribution is -2.53. The smallest absolute Gasteiger partial charge is 0.227 e. The molecule has 6 heteroatoms. The minimum Gasteiger partial charge on any atom is -0.371 e. The van der Waals surface area contributed by atoms with E-state index in [4.69, 9.17) is 0 Å². The third-order valence-electron chi connectivity index (χ3n) is 7.33. The summed E-state index contributed by atoms with van der Waals surface area (Å²) in [5.41, 5.74) is 1.70. The first-order chi connectivity index (χ1) is 13.6. The van der Waals surface area contributed by atoms with Crippen LogP contribution in [-0.4, -0.2) is 53.9 Å². The number of nitrogens with zero attached hydrogens (tertiary/aromatic N) is 3. The molecule has 0 bridgehead atoms. The first-order valence-electron chi connectivity index (χ1n) is 10.9. The van der Waals surface area contributed by atoms with E-state index >= 15 is 0 Å². The number of amides is 2. The van der Waals surface area contributed by atoms with Gasteiger partial charge in [-0.3, -0.25) is 14.6 Å². The Morgan fingerprint density at radius 1 is 1.04 bits per heavy atom. The molecule has 2 saturated carbocycles. The first kappa shape index (κ1) is 18.0. The minimum absolute atomic E-state index is 0.0592. The van der Waals surface area contributed by atoms with E-state index in [9.17, 15) is 9.59 Å². The Kier molecular flexibility index (Phi) is 4.52. The van der Waals surface area contributed by atoms with Crippen molar-refractivity contribution in [1.82, 2.24) is 15.2 Å². The van der Waals surface area contributed by atoms with E-state index in [0.717, 1.165) is 57.4 Å². The van der Waals surface area contributed by atoms with Gasteiger partial charge in [0.2, 0.25) is 11.8 Å². The maximum Gasteiger partial charge on any atom is 0.227 e. The molecule has 2 unspecified atom stereocenters. The van der Waals surface area contributed by atoms with E-state index < -0.39 is 0 Å². The molecule has 2 atom stereocenters. The minimum atomic E-state index is 0.0592. The Morgan fingerprint density at radius 2 is 1.82 bits per heavy atom. The average Bonchev–Trinajstić information content (AvgIpc) is 3.36. The van der Waals surface area contributed by atoms with Crippen LogP contribution in [0, 0.1) is 17.3 Å². The van der Waals surface area contributed by atoms with Gasteiger partial charge in [-0.05, 0) is 62.5 Å². The van der Waals surface area contributed by atoms with Gasteiger partial charge in [-0.15, -0.1) is 0 Å². The summed E-state index contributed by atoms with van der Waals surface area (Å²) in [6, 6.07) is 4.13. The number of rotatable bonds is 4. The molecule has 2 aliphatic heterocycles. The summed E-state index contributed by atoms with van der Waals surface area (Å²) in [7, 11) is 0. The van der Waals surface area contributed by atoms with Gasteiger partial charge in [-0.1, -0.05) is 0 Å². The molecule has 1 aromatic rings. The second kappa shape index (κ2) is 7.05. The molecular formula is C22H30N4O2. The molecule has 28 heavy (non-hydrogen) atoms. The number of piperidine rings is 1. The predicted molar refractivity (Wildman–Crippen MR) is 107 cm³/mol. The van der Waals surface area contributed by atoms with E-state index in [1.54, 1.807) is 12.4 Å². The van der Waals surface area contributed by atoms with Crippen LogP contribution in [-0.2, 0) is 9.59 Å². The third kappa shape index (κ3) is 3.49. The molecule has 2 saturated heterocycles. The molecular weight excluding hydrogens is 352 g/mol. The highest BCUT2D eigenvalue weighted by molar-refractivity contribution is 5.82. The Hall–Kier alpha value is -2.11. The van der Waals surface area contributed by atoms with Crippen molar-refractivity contribution in [3.63, 3.8) is 0 Å². The van der Waals surface area contributed by atoms with Crippen LogP contribution in [0.15, 0.2) is 24.5 Å². The van der Waals surface area contributed by atoms with Crippen LogP contribution in [0.2, 0.25) is 0 Å². The summed E-state index contributed by atoms with van der Waals surface area (Å²) in [4.78, 5) is 33.9. The van der Waals surface area contributed by atoms with Crippen LogP contribution in [0.3, 0.4) is 0 Å². The number of aromatic nitrogens is 1. The van der Waals surface area contributed by atoms with Crippen LogP contribution in [0.25, 0.3) is 0 Å². The molecule has 5 rings (SSSR count). The number of nitrogens with one attached hydrogen (secondary N) is 1. The molecule has 1 N–H and O–H groups in total. The molecule has 6 nitrogen and oxygen atoms in total. The number of carbonyl (C=O) groups excluding carboxylic acids is 2. The highest BCUT2D eigenvalue weighted by Gasteiger charge is 2.55. The Bertz CT molecular complexity index is 740. The number of likely N-dealkylation sites (tertiary alicyclic amines) is 1. The van der Waals surface area contributed by atoms with Gasteiger partial charge in [-0.2, -0.15) is 0 Å². The lowest BCUT2D eigenvalue weighted by atomic mass is 9.71. The Balaban J connectivity index is 1.13. The van der Waals surface area contributed by atoms with E-state index in [0.29, 0.717) is 12.0 Å². The summed E-state index contributed by atoms with van der Waals surface area (Å²) in [6.45, 7) is 3.19. The van der Waals surface area contributed by atoms with Crippen molar-refractivity contribution in [3.05, 3.63) is 24.5 Å². The van der Waals surface area contributed by atoms with Crippen LogP contribution in [0.1, 0.15) is 44.9 Å². The summed E-state index contributed by atoms with van der Waals surface area (Å²) in [5, 5.41) is 3.25. The maximum absolute atomic E-state index is 13.1. The summed E-state index contributed by atoms with van der Waals surface area (Å²) >= 11 is 0. The predicted octanol–water partition coefficient (Wildman–Crippen LogP) is 2.21. The van der Waals surface area contributed by atoms with E-state index in [-0.39, 0.29) is 29.7 Å². The maximum atomic E-state index is 13.1. The largest absolute Gasteiger partial charge is 0.371 e. The van der Waals surface area contributed by atoms with Gasteiger partial charge < -0.3 is 15.1 Å². The molecule has 1 aromatic heterocycles. The van der Waals surface area contributed by atoms with Crippen molar-refractivity contribution in [2.45, 2.75) is 51.0 Å². The molecule has 2 amide bonds. The normalized spacial score (nSPS) is 28.9. The lowest BCUT2D eigenvalue weighted by molar-refractivity contribution is -0.138. The SMILES string of the molecule is O=C(NC1CCCN(C(=O)C2CCN(c3ccncc3)C2)C1)C1CC2(CC2)C1. The molecule has 0 radical (unpaired) electrons. The van der Waals surface area contributed by atoms with Crippen molar-refractivity contribution in [3.8, 4) is 0 Å². The van der Waals surface area contributed by atoms with Gasteiger partial charge >= 0.3 is 0 Å². The highest BCUT2D eigenvalue weighted by atomic mass is 16.2. The van der Waals surface area contributed by atoms with Crippen molar-refractivity contribution in [1.29, 1.82) is 0 Å². The number of pyridine rings is 1. The first-order valence-corrected chi connectivity index (χ1v) is 10.9. The van der Waals surface area contributed by atoms with Crippen molar-refractivity contribution in [2.75, 3.05) is 31.1 Å². The topological polar surface area (TPSA) is 65.5 Å². The van der Waals surface area contributed by atoms with Gasteiger partial charge in [0.1, 0.15) is 0 Å². The Morgan fingerprint density at radius 3 is 2.57 bits per heavy atom. The summed E-state index contributed by atoms with van der Waals surface area (Å²) in [6.07, 6.45) is 11.3. The average molecular weight is 383 g/mol. The molecule has 0 aromatic carbocycles. The fraction of sp³-hybridized carbons (Fsp3) is 0.682. The van der Waals surface area contributed by atoms with Crippen LogP contribution >= 0.6 is 0 Å². The number of hydrogen-bond donors (Lipinski definition) is 1. The van der Waals surface area contributed by atoms with Crippen molar-refractivity contribution in [2.24, 2.45) is 17.3 Å². The molecule has 4 aliphatic rings. The van der Waals surface area contributed by atoms with E-state index in [2.05, 4.69) is 15.2 Å².